The van der Waals surface area contributed by atoms with Gasteiger partial charge in [0, 0.05) is 10.7 Å². The molecule has 0 fully saturated rings. The Hall–Kier alpha value is -1.57. The third kappa shape index (κ3) is 5.20. The summed E-state index contributed by atoms with van der Waals surface area (Å²) < 4.78 is 7.14. The molecule has 0 radical (unpaired) electrons. The summed E-state index contributed by atoms with van der Waals surface area (Å²) in [5, 5.41) is 9.92. The number of ether oxygens (including phenoxy) is 1. The van der Waals surface area contributed by atoms with E-state index in [0.29, 0.717) is 10.2 Å². The van der Waals surface area contributed by atoms with Crippen molar-refractivity contribution >= 4 is 29.3 Å². The van der Waals surface area contributed by atoms with Gasteiger partial charge >= 0.3 is 5.97 Å². The zero-order valence-corrected chi connectivity index (χ0v) is 16.6. The van der Waals surface area contributed by atoms with Gasteiger partial charge in [-0.05, 0) is 59.1 Å². The molecule has 0 aliphatic carbocycles. The van der Waals surface area contributed by atoms with E-state index in [2.05, 4.69) is 22.0 Å². The quantitative estimate of drug-likeness (QED) is 0.538. The van der Waals surface area contributed by atoms with E-state index >= 15 is 0 Å². The van der Waals surface area contributed by atoms with E-state index in [-0.39, 0.29) is 23.9 Å². The second-order valence-corrected chi connectivity index (χ2v) is 7.50. The fraction of sp³-hybridized carbons (Fsp3) is 0.471. The summed E-state index contributed by atoms with van der Waals surface area (Å²) in [5.74, 6) is 0.708. The topological polar surface area (TPSA) is 60.2 Å². The first-order chi connectivity index (χ1) is 11.8. The molecule has 2 rings (SSSR count). The molecule has 0 amide bonds. The summed E-state index contributed by atoms with van der Waals surface area (Å²) in [5.41, 5.74) is 0.901. The van der Waals surface area contributed by atoms with Gasteiger partial charge in [0.05, 0.1) is 17.9 Å². The molecule has 1 aromatic carbocycles. The molecule has 1 atom stereocenters. The van der Waals surface area contributed by atoms with Gasteiger partial charge in [-0.1, -0.05) is 23.4 Å². The minimum absolute atomic E-state index is 0.0557. The Morgan fingerprint density at radius 1 is 1.24 bits per heavy atom. The van der Waals surface area contributed by atoms with Crippen LogP contribution in [0.2, 0.25) is 5.02 Å². The number of esters is 1. The van der Waals surface area contributed by atoms with Crippen LogP contribution in [0.25, 0.3) is 5.69 Å². The van der Waals surface area contributed by atoms with E-state index in [4.69, 9.17) is 16.3 Å². The highest BCUT2D eigenvalue weighted by Crippen LogP contribution is 2.27. The Kier molecular flexibility index (Phi) is 6.87. The molecule has 25 heavy (non-hydrogen) atoms. The Labute approximate surface area is 157 Å². The zero-order valence-electron chi connectivity index (χ0n) is 15.1. The van der Waals surface area contributed by atoms with E-state index in [1.165, 1.54) is 11.8 Å². The molecule has 0 bridgehead atoms. The summed E-state index contributed by atoms with van der Waals surface area (Å²) in [7, 11) is 3.97. The summed E-state index contributed by atoms with van der Waals surface area (Å²) >= 11 is 7.31. The fourth-order valence-corrected chi connectivity index (χ4v) is 3.00. The predicted molar refractivity (Wildman–Crippen MR) is 100 cm³/mol. The zero-order chi connectivity index (χ0) is 18.6. The molecule has 0 aliphatic rings. The normalized spacial score (nSPS) is 12.6. The number of aromatic nitrogens is 3. The number of carbonyl (C=O) groups is 1. The average molecular weight is 383 g/mol. The van der Waals surface area contributed by atoms with E-state index < -0.39 is 0 Å². The van der Waals surface area contributed by atoms with Crippen LogP contribution in [0.3, 0.4) is 0 Å². The van der Waals surface area contributed by atoms with Crippen LogP contribution in [0.5, 0.6) is 0 Å². The van der Waals surface area contributed by atoms with Gasteiger partial charge in [0.25, 0.3) is 0 Å². The van der Waals surface area contributed by atoms with Gasteiger partial charge < -0.3 is 4.74 Å². The number of carbonyl (C=O) groups excluding carboxylic acids is 1. The first-order valence-electron chi connectivity index (χ1n) is 7.99. The Balaban J connectivity index is 2.33. The van der Waals surface area contributed by atoms with E-state index in [0.717, 1.165) is 11.5 Å². The van der Waals surface area contributed by atoms with Gasteiger partial charge in [0.15, 0.2) is 11.0 Å². The lowest BCUT2D eigenvalue weighted by atomic mass is 10.2. The van der Waals surface area contributed by atoms with Crippen molar-refractivity contribution in [2.45, 2.75) is 38.1 Å². The van der Waals surface area contributed by atoms with Crippen molar-refractivity contribution in [2.75, 3.05) is 19.8 Å². The van der Waals surface area contributed by atoms with Gasteiger partial charge in [-0.25, -0.2) is 0 Å². The number of thioether (sulfide) groups is 1. The van der Waals surface area contributed by atoms with Gasteiger partial charge in [-0.2, -0.15) is 0 Å². The molecule has 1 heterocycles. The Bertz CT molecular complexity index is 716. The van der Waals surface area contributed by atoms with Crippen LogP contribution in [-0.2, 0) is 9.53 Å². The maximum atomic E-state index is 11.8. The molecular formula is C17H23ClN4O2S. The third-order valence-corrected chi connectivity index (χ3v) is 4.73. The van der Waals surface area contributed by atoms with Crippen LogP contribution in [0, 0.1) is 0 Å². The largest absolute Gasteiger partial charge is 0.462 e. The number of nitrogens with zero attached hydrogens (tertiary/aromatic N) is 4. The van der Waals surface area contributed by atoms with Gasteiger partial charge in [0.2, 0.25) is 0 Å². The number of halogens is 1. The molecule has 0 saturated heterocycles. The van der Waals surface area contributed by atoms with Crippen molar-refractivity contribution < 1.29 is 9.53 Å². The van der Waals surface area contributed by atoms with Crippen LogP contribution >= 0.6 is 23.4 Å². The highest BCUT2D eigenvalue weighted by atomic mass is 35.5. The fourth-order valence-electron chi connectivity index (χ4n) is 2.13. The molecule has 0 aliphatic heterocycles. The van der Waals surface area contributed by atoms with Crippen LogP contribution in [0.4, 0.5) is 0 Å². The number of rotatable bonds is 7. The van der Waals surface area contributed by atoms with E-state index in [9.17, 15) is 4.79 Å². The molecule has 0 spiro atoms. The predicted octanol–water partition coefficient (Wildman–Crippen LogP) is 3.59. The molecule has 136 valence electrons. The molecule has 0 saturated carbocycles. The van der Waals surface area contributed by atoms with Crippen LogP contribution < -0.4 is 0 Å². The molecule has 1 unspecified atom stereocenters. The molecule has 1 aromatic heterocycles. The van der Waals surface area contributed by atoms with Crippen molar-refractivity contribution in [2.24, 2.45) is 0 Å². The van der Waals surface area contributed by atoms with Gasteiger partial charge in [-0.15, -0.1) is 10.2 Å². The lowest BCUT2D eigenvalue weighted by Gasteiger charge is -2.20. The third-order valence-electron chi connectivity index (χ3n) is 3.58. The lowest BCUT2D eigenvalue weighted by Crippen LogP contribution is -2.20. The average Bonchev–Trinajstić information content (AvgIpc) is 2.96. The Morgan fingerprint density at radius 2 is 1.88 bits per heavy atom. The maximum Gasteiger partial charge on any atom is 0.316 e. The molecule has 0 N–H and O–H groups in total. The monoisotopic (exact) mass is 382 g/mol. The second-order valence-electron chi connectivity index (χ2n) is 6.12. The van der Waals surface area contributed by atoms with Crippen LogP contribution in [0.15, 0.2) is 29.4 Å². The van der Waals surface area contributed by atoms with Crippen molar-refractivity contribution in [1.29, 1.82) is 0 Å². The Morgan fingerprint density at radius 3 is 2.44 bits per heavy atom. The van der Waals surface area contributed by atoms with Crippen molar-refractivity contribution in [3.63, 3.8) is 0 Å². The summed E-state index contributed by atoms with van der Waals surface area (Å²) in [4.78, 5) is 13.9. The van der Waals surface area contributed by atoms with Crippen LogP contribution in [-0.4, -0.2) is 51.6 Å². The summed E-state index contributed by atoms with van der Waals surface area (Å²) in [6.45, 7) is 5.71. The van der Waals surface area contributed by atoms with E-state index in [1.807, 2.05) is 56.8 Å². The molecule has 2 aromatic rings. The van der Waals surface area contributed by atoms with Gasteiger partial charge in [0.1, 0.15) is 0 Å². The van der Waals surface area contributed by atoms with E-state index in [1.54, 1.807) is 0 Å². The van der Waals surface area contributed by atoms with Crippen molar-refractivity contribution in [3.8, 4) is 5.69 Å². The first-order valence-corrected chi connectivity index (χ1v) is 9.36. The standard InChI is InChI=1S/C17H23ClN4O2S/c1-11(2)24-15(23)10-25-17-20-19-16(12(3)21(4)5)22(17)14-8-6-13(18)7-9-14/h6-9,11-12H,10H2,1-5H3. The SMILES string of the molecule is CC(C)OC(=O)CSc1nnc(C(C)N(C)C)n1-c1ccc(Cl)cc1. The highest BCUT2D eigenvalue weighted by Gasteiger charge is 2.21. The number of hydrogen-bond donors (Lipinski definition) is 0. The summed E-state index contributed by atoms with van der Waals surface area (Å²) in [6.07, 6.45) is -0.133. The molecule has 6 nitrogen and oxygen atoms in total. The summed E-state index contributed by atoms with van der Waals surface area (Å²) in [6, 6.07) is 7.52. The van der Waals surface area contributed by atoms with Crippen LogP contribution in [0.1, 0.15) is 32.6 Å². The van der Waals surface area contributed by atoms with Crippen molar-refractivity contribution in [1.82, 2.24) is 19.7 Å². The highest BCUT2D eigenvalue weighted by molar-refractivity contribution is 7.99. The molecule has 8 heteroatoms. The minimum atomic E-state index is -0.270. The maximum absolute atomic E-state index is 11.8. The van der Waals surface area contributed by atoms with Crippen molar-refractivity contribution in [3.05, 3.63) is 35.1 Å². The minimum Gasteiger partial charge on any atom is -0.462 e. The first kappa shape index (κ1) is 19.8. The smallest absolute Gasteiger partial charge is 0.316 e. The second kappa shape index (κ2) is 8.69. The number of hydrogen-bond acceptors (Lipinski definition) is 6. The lowest BCUT2D eigenvalue weighted by molar-refractivity contribution is -0.144. The molecular weight excluding hydrogens is 360 g/mol. The number of benzene rings is 1. The van der Waals surface area contributed by atoms with Gasteiger partial charge in [-0.3, -0.25) is 14.3 Å².